The molecule has 212 valence electrons. The minimum Gasteiger partial charge on any atom is -0.489 e. The fourth-order valence-electron chi connectivity index (χ4n) is 4.51. The third-order valence-electron chi connectivity index (χ3n) is 6.79. The van der Waals surface area contributed by atoms with Gasteiger partial charge in [0, 0.05) is 30.8 Å². The van der Waals surface area contributed by atoms with Crippen LogP contribution >= 0.6 is 35.0 Å². The third kappa shape index (κ3) is 7.57. The number of nitrogens with zero attached hydrogens (tertiary/aromatic N) is 1. The van der Waals surface area contributed by atoms with Crippen molar-refractivity contribution in [3.05, 3.63) is 87.7 Å². The van der Waals surface area contributed by atoms with Crippen LogP contribution in [-0.4, -0.2) is 41.8 Å². The first-order chi connectivity index (χ1) is 19.4. The van der Waals surface area contributed by atoms with Crippen LogP contribution in [0.1, 0.15) is 35.6 Å². The Bertz CT molecular complexity index is 1300. The molecule has 1 aliphatic carbocycles. The van der Waals surface area contributed by atoms with E-state index in [1.165, 1.54) is 17.8 Å². The van der Waals surface area contributed by atoms with Gasteiger partial charge in [0.2, 0.25) is 0 Å². The number of esters is 1. The quantitative estimate of drug-likeness (QED) is 0.216. The van der Waals surface area contributed by atoms with Crippen LogP contribution in [0.5, 0.6) is 11.5 Å². The summed E-state index contributed by atoms with van der Waals surface area (Å²) >= 11 is 14.4. The van der Waals surface area contributed by atoms with Crippen molar-refractivity contribution in [2.75, 3.05) is 18.9 Å². The number of carbonyl (C=O) groups is 1. The van der Waals surface area contributed by atoms with Gasteiger partial charge in [-0.2, -0.15) is 8.78 Å². The summed E-state index contributed by atoms with van der Waals surface area (Å²) in [6.07, 6.45) is 4.62. The van der Waals surface area contributed by atoms with Gasteiger partial charge in [-0.25, -0.2) is 9.78 Å². The standard InChI is InChI=1S/C29H28Cl2F2N2O4S/c30-22-14-34-15-23(31)21(22)13-25(20-8-9-24(39-29(32)33)26(12-20)37-17-19-6-7-19)38-28(36)27-35(10-11-40-27)16-18-4-2-1-3-5-18/h1-5,8-9,12,14-15,19,25,27,29H,6-7,10-11,13,16-17H2/p+1/t25-,27-/m0/s1. The van der Waals surface area contributed by atoms with Crippen LogP contribution in [0.15, 0.2) is 60.9 Å². The van der Waals surface area contributed by atoms with Crippen LogP contribution in [0.3, 0.4) is 0 Å². The summed E-state index contributed by atoms with van der Waals surface area (Å²) in [6, 6.07) is 14.6. The first-order valence-electron chi connectivity index (χ1n) is 13.0. The van der Waals surface area contributed by atoms with Crippen LogP contribution in [0.4, 0.5) is 8.78 Å². The molecule has 40 heavy (non-hydrogen) atoms. The summed E-state index contributed by atoms with van der Waals surface area (Å²) < 4.78 is 42.9. The van der Waals surface area contributed by atoms with Crippen LogP contribution in [0, 0.1) is 5.92 Å². The largest absolute Gasteiger partial charge is 0.489 e. The third-order valence-corrected chi connectivity index (χ3v) is 8.69. The normalized spacial score (nSPS) is 18.1. The summed E-state index contributed by atoms with van der Waals surface area (Å²) in [5, 5.41) is 0.277. The van der Waals surface area contributed by atoms with Gasteiger partial charge >= 0.3 is 12.6 Å². The van der Waals surface area contributed by atoms with Gasteiger partial charge in [-0.1, -0.05) is 59.6 Å². The molecular formula is C29H29Cl2F2N2O4S+. The first-order valence-corrected chi connectivity index (χ1v) is 14.8. The van der Waals surface area contributed by atoms with Gasteiger partial charge < -0.3 is 14.2 Å². The fraction of sp³-hybridized carbons (Fsp3) is 0.379. The Kier molecular flexibility index (Phi) is 9.68. The highest BCUT2D eigenvalue weighted by molar-refractivity contribution is 8.00. The molecule has 0 unspecified atom stereocenters. The van der Waals surface area contributed by atoms with Crippen molar-refractivity contribution in [2.24, 2.45) is 5.92 Å². The second kappa shape index (κ2) is 13.4. The molecule has 6 nitrogen and oxygen atoms in total. The Labute approximate surface area is 245 Å². The fourth-order valence-corrected chi connectivity index (χ4v) is 6.18. The maximum atomic E-state index is 13.6. The van der Waals surface area contributed by atoms with E-state index in [0.717, 1.165) is 30.7 Å². The van der Waals surface area contributed by atoms with Crippen molar-refractivity contribution < 1.29 is 32.8 Å². The minimum absolute atomic E-state index is 0.0739. The number of nitrogens with one attached hydrogen (secondary N) is 1. The number of rotatable bonds is 12. The lowest BCUT2D eigenvalue weighted by atomic mass is 10.0. The van der Waals surface area contributed by atoms with E-state index in [1.54, 1.807) is 24.5 Å². The highest BCUT2D eigenvalue weighted by Crippen LogP contribution is 2.38. The minimum atomic E-state index is -3.00. The molecule has 1 saturated carbocycles. The molecule has 0 spiro atoms. The topological polar surface area (TPSA) is 62.1 Å². The van der Waals surface area contributed by atoms with Crippen LogP contribution in [0.25, 0.3) is 0 Å². The maximum absolute atomic E-state index is 13.6. The Balaban J connectivity index is 1.42. The van der Waals surface area contributed by atoms with E-state index in [-0.39, 0.29) is 17.9 Å². The van der Waals surface area contributed by atoms with Crippen LogP contribution in [-0.2, 0) is 22.5 Å². The molecule has 0 radical (unpaired) electrons. The second-order valence-corrected chi connectivity index (χ2v) is 11.8. The number of aromatic nitrogens is 1. The molecule has 1 saturated heterocycles. The lowest BCUT2D eigenvalue weighted by molar-refractivity contribution is -0.377. The van der Waals surface area contributed by atoms with Crippen molar-refractivity contribution in [3.8, 4) is 11.5 Å². The molecule has 2 atom stereocenters. The molecule has 2 aliphatic rings. The molecule has 1 aromatic heterocycles. The highest BCUT2D eigenvalue weighted by atomic mass is 35.5. The summed E-state index contributed by atoms with van der Waals surface area (Å²) in [4.78, 5) is 18.6. The van der Waals surface area contributed by atoms with E-state index < -0.39 is 24.1 Å². The number of hydrogen-bond acceptors (Lipinski definition) is 6. The Morgan fingerprint density at radius 1 is 1.07 bits per heavy atom. The number of pyridine rings is 1. The number of halogens is 4. The average Bonchev–Trinajstić information content (AvgIpc) is 3.65. The van der Waals surface area contributed by atoms with E-state index in [0.29, 0.717) is 40.2 Å². The van der Waals surface area contributed by atoms with Gasteiger partial charge in [0.05, 0.1) is 6.61 Å². The molecule has 2 fully saturated rings. The van der Waals surface area contributed by atoms with Crippen molar-refractivity contribution in [2.45, 2.75) is 43.9 Å². The molecule has 0 bridgehead atoms. The number of ether oxygens (including phenoxy) is 3. The van der Waals surface area contributed by atoms with Crippen molar-refractivity contribution in [1.82, 2.24) is 4.90 Å². The molecular weight excluding hydrogens is 581 g/mol. The van der Waals surface area contributed by atoms with E-state index in [1.807, 2.05) is 30.3 Å². The number of aromatic amines is 1. The maximum Gasteiger partial charge on any atom is 0.387 e. The summed E-state index contributed by atoms with van der Waals surface area (Å²) in [5.74, 6) is 0.888. The number of benzene rings is 2. The Morgan fingerprint density at radius 2 is 1.82 bits per heavy atom. The molecule has 11 heteroatoms. The van der Waals surface area contributed by atoms with E-state index >= 15 is 0 Å². The zero-order valence-corrected chi connectivity index (χ0v) is 23.9. The molecule has 2 aromatic carbocycles. The number of hydrogen-bond donors (Lipinski definition) is 0. The van der Waals surface area contributed by atoms with E-state index in [4.69, 9.17) is 37.4 Å². The van der Waals surface area contributed by atoms with Gasteiger partial charge in [-0.15, -0.1) is 11.8 Å². The Morgan fingerprint density at radius 3 is 2.52 bits per heavy atom. The van der Waals surface area contributed by atoms with Gasteiger partial charge in [0.25, 0.3) is 0 Å². The number of alkyl halides is 2. The predicted molar refractivity (Wildman–Crippen MR) is 150 cm³/mol. The monoisotopic (exact) mass is 609 g/mol. The summed E-state index contributed by atoms with van der Waals surface area (Å²) in [5.41, 5.74) is 2.25. The zero-order valence-electron chi connectivity index (χ0n) is 21.5. The molecule has 2 heterocycles. The lowest BCUT2D eigenvalue weighted by Crippen LogP contribution is -2.36. The van der Waals surface area contributed by atoms with Crippen LogP contribution < -0.4 is 14.5 Å². The molecule has 5 rings (SSSR count). The van der Waals surface area contributed by atoms with Crippen molar-refractivity contribution in [1.29, 1.82) is 0 Å². The predicted octanol–water partition coefficient (Wildman–Crippen LogP) is 6.60. The molecule has 0 amide bonds. The SMILES string of the molecule is O=C(O[C@@H](Cc1c(Cl)c[nH+]cc1Cl)c1ccc(OC(F)F)c(OCC2CC2)c1)[C@@H]1SCCN1Cc1ccccc1. The number of H-pyrrole nitrogens is 1. The van der Waals surface area contributed by atoms with Gasteiger partial charge in [-0.3, -0.25) is 4.90 Å². The summed E-state index contributed by atoms with van der Waals surface area (Å²) in [7, 11) is 0. The number of carbonyl (C=O) groups excluding carboxylic acids is 1. The molecule has 1 N–H and O–H groups in total. The first kappa shape index (κ1) is 28.9. The lowest BCUT2D eigenvalue weighted by Gasteiger charge is -2.26. The highest BCUT2D eigenvalue weighted by Gasteiger charge is 2.35. The second-order valence-electron chi connectivity index (χ2n) is 9.78. The van der Waals surface area contributed by atoms with E-state index in [2.05, 4.69) is 9.88 Å². The van der Waals surface area contributed by atoms with Crippen molar-refractivity contribution in [3.63, 3.8) is 0 Å². The average molecular weight is 611 g/mol. The van der Waals surface area contributed by atoms with E-state index in [9.17, 15) is 13.6 Å². The molecule has 1 aliphatic heterocycles. The van der Waals surface area contributed by atoms with Crippen molar-refractivity contribution >= 4 is 40.9 Å². The smallest absolute Gasteiger partial charge is 0.387 e. The van der Waals surface area contributed by atoms with Gasteiger partial charge in [0.15, 0.2) is 29.3 Å². The summed E-state index contributed by atoms with van der Waals surface area (Å²) in [6.45, 7) is -1.25. The number of thioether (sulfide) groups is 1. The van der Waals surface area contributed by atoms with Gasteiger partial charge in [0.1, 0.15) is 16.1 Å². The van der Waals surface area contributed by atoms with Crippen LogP contribution in [0.2, 0.25) is 10.0 Å². The molecule has 3 aromatic rings. The van der Waals surface area contributed by atoms with Gasteiger partial charge in [-0.05, 0) is 42.0 Å². The zero-order chi connectivity index (χ0) is 28.1. The Hall–Kier alpha value is -2.59.